The molecule has 2 heterocycles. The molecule has 2 aromatic heterocycles. The van der Waals surface area contributed by atoms with E-state index in [4.69, 9.17) is 16.3 Å². The van der Waals surface area contributed by atoms with E-state index < -0.39 is 5.82 Å². The van der Waals surface area contributed by atoms with Gasteiger partial charge in [-0.15, -0.1) is 0 Å². The molecule has 6 nitrogen and oxygen atoms in total. The number of fused-ring (bicyclic) bond motifs is 1. The highest BCUT2D eigenvalue weighted by Gasteiger charge is 2.07. The zero-order valence-electron chi connectivity index (χ0n) is 15.9. The molecule has 2 aromatic carbocycles. The molecule has 0 unspecified atom stereocenters. The number of amides is 1. The molecule has 0 bridgehead atoms. The zero-order chi connectivity index (χ0) is 20.9. The number of hydrogen-bond donors (Lipinski definition) is 1. The normalized spacial score (nSPS) is 10.9. The van der Waals surface area contributed by atoms with Crippen molar-refractivity contribution >= 4 is 28.5 Å². The topological polar surface area (TPSA) is 69.0 Å². The van der Waals surface area contributed by atoms with Crippen LogP contribution in [0.25, 0.3) is 16.9 Å². The molecule has 152 valence electrons. The van der Waals surface area contributed by atoms with Gasteiger partial charge < -0.3 is 10.1 Å². The zero-order valence-corrected chi connectivity index (χ0v) is 16.6. The molecule has 4 rings (SSSR count). The first-order chi connectivity index (χ1) is 14.6. The number of nitrogens with one attached hydrogen (secondary N) is 1. The van der Waals surface area contributed by atoms with Crippen molar-refractivity contribution in [3.63, 3.8) is 0 Å². The van der Waals surface area contributed by atoms with E-state index in [1.165, 1.54) is 18.2 Å². The molecule has 8 heteroatoms. The van der Waals surface area contributed by atoms with Gasteiger partial charge in [0.15, 0.2) is 0 Å². The molecule has 0 aliphatic carbocycles. The minimum atomic E-state index is -0.439. The number of carbonyl (C=O) groups is 1. The van der Waals surface area contributed by atoms with E-state index in [1.54, 1.807) is 12.5 Å². The predicted octanol–water partition coefficient (Wildman–Crippen LogP) is 4.30. The summed E-state index contributed by atoms with van der Waals surface area (Å²) in [7, 11) is 0. The number of imidazole rings is 1. The van der Waals surface area contributed by atoms with Gasteiger partial charge in [0.2, 0.25) is 5.91 Å². The van der Waals surface area contributed by atoms with E-state index in [0.29, 0.717) is 12.3 Å². The molecule has 0 atom stereocenters. The summed E-state index contributed by atoms with van der Waals surface area (Å²) >= 11 is 5.89. The Balaban J connectivity index is 1.28. The second-order valence-corrected chi connectivity index (χ2v) is 6.99. The quantitative estimate of drug-likeness (QED) is 0.480. The summed E-state index contributed by atoms with van der Waals surface area (Å²) in [5.74, 6) is 0.491. The number of rotatable bonds is 7. The van der Waals surface area contributed by atoms with Crippen LogP contribution >= 0.6 is 11.6 Å². The van der Waals surface area contributed by atoms with Gasteiger partial charge in [-0.25, -0.2) is 14.4 Å². The van der Waals surface area contributed by atoms with Crippen LogP contribution in [-0.2, 0) is 11.3 Å². The summed E-state index contributed by atoms with van der Waals surface area (Å²) in [5.41, 5.74) is 2.76. The molecule has 30 heavy (non-hydrogen) atoms. The van der Waals surface area contributed by atoms with Gasteiger partial charge in [0, 0.05) is 12.7 Å². The van der Waals surface area contributed by atoms with E-state index in [1.807, 2.05) is 41.0 Å². The minimum Gasteiger partial charge on any atom is -0.491 e. The predicted molar refractivity (Wildman–Crippen MR) is 112 cm³/mol. The summed E-state index contributed by atoms with van der Waals surface area (Å²) in [6.45, 7) is 0.496. The third-order valence-corrected chi connectivity index (χ3v) is 4.78. The van der Waals surface area contributed by atoms with Crippen molar-refractivity contribution in [2.75, 3.05) is 6.61 Å². The highest BCUT2D eigenvalue weighted by molar-refractivity contribution is 6.32. The summed E-state index contributed by atoms with van der Waals surface area (Å²) in [6.07, 6.45) is 3.61. The van der Waals surface area contributed by atoms with E-state index in [0.717, 1.165) is 22.4 Å². The van der Waals surface area contributed by atoms with Gasteiger partial charge in [-0.1, -0.05) is 29.8 Å². The third kappa shape index (κ3) is 4.58. The molecule has 1 amide bonds. The van der Waals surface area contributed by atoms with E-state index in [9.17, 15) is 9.18 Å². The lowest BCUT2D eigenvalue weighted by Gasteiger charge is -2.09. The number of hydrogen-bond acceptors (Lipinski definition) is 4. The van der Waals surface area contributed by atoms with Crippen LogP contribution in [0.3, 0.4) is 0 Å². The summed E-state index contributed by atoms with van der Waals surface area (Å²) in [4.78, 5) is 20.9. The van der Waals surface area contributed by atoms with Gasteiger partial charge in [-0.05, 0) is 42.0 Å². The first kappa shape index (κ1) is 19.8. The smallest absolute Gasteiger partial charge is 0.223 e. The summed E-state index contributed by atoms with van der Waals surface area (Å²) in [6, 6.07) is 15.5. The monoisotopic (exact) mass is 424 g/mol. The maximum Gasteiger partial charge on any atom is 0.223 e. The Morgan fingerprint density at radius 1 is 1.13 bits per heavy atom. The number of benzene rings is 2. The Hall–Kier alpha value is -3.45. The number of aromatic nitrogens is 3. The standard InChI is InChI=1S/C22H18ClFN4O2/c23-17-11-16(24)6-7-20(17)30-10-9-22(29)26-13-15-5-8-21(25-12-15)28-14-27-18-3-1-2-4-19(18)28/h1-8,11-12,14H,9-10,13H2,(H,26,29). The maximum absolute atomic E-state index is 13.0. The van der Waals surface area contributed by atoms with Gasteiger partial charge in [0.05, 0.1) is 29.1 Å². The fraction of sp³-hybridized carbons (Fsp3) is 0.136. The van der Waals surface area contributed by atoms with Crippen molar-refractivity contribution < 1.29 is 13.9 Å². The molecule has 0 saturated heterocycles. The van der Waals surface area contributed by atoms with Crippen LogP contribution in [0.4, 0.5) is 4.39 Å². The first-order valence-electron chi connectivity index (χ1n) is 9.32. The Kier molecular flexibility index (Phi) is 5.90. The molecule has 0 aliphatic rings. The number of halogens is 2. The van der Waals surface area contributed by atoms with Crippen LogP contribution in [-0.4, -0.2) is 27.0 Å². The molecule has 0 aliphatic heterocycles. The van der Waals surface area contributed by atoms with Crippen molar-refractivity contribution in [2.24, 2.45) is 0 Å². The minimum absolute atomic E-state index is 0.141. The molecule has 0 radical (unpaired) electrons. The molecule has 1 N–H and O–H groups in total. The summed E-state index contributed by atoms with van der Waals surface area (Å²) < 4.78 is 20.4. The Morgan fingerprint density at radius 2 is 2.00 bits per heavy atom. The SMILES string of the molecule is O=C(CCOc1ccc(F)cc1Cl)NCc1ccc(-n2cnc3ccccc32)nc1. The number of nitrogens with zero attached hydrogens (tertiary/aromatic N) is 3. The van der Waals surface area contributed by atoms with Crippen molar-refractivity contribution in [3.8, 4) is 11.6 Å². The van der Waals surface area contributed by atoms with Gasteiger partial charge in [-0.2, -0.15) is 0 Å². The lowest BCUT2D eigenvalue weighted by Crippen LogP contribution is -2.24. The first-order valence-corrected chi connectivity index (χ1v) is 9.70. The van der Waals surface area contributed by atoms with Gasteiger partial charge in [0.25, 0.3) is 0 Å². The van der Waals surface area contributed by atoms with Crippen LogP contribution in [0.2, 0.25) is 5.02 Å². The molecule has 4 aromatic rings. The molecular weight excluding hydrogens is 407 g/mol. The van der Waals surface area contributed by atoms with Crippen molar-refractivity contribution in [1.82, 2.24) is 19.9 Å². The second-order valence-electron chi connectivity index (χ2n) is 6.58. The van der Waals surface area contributed by atoms with Crippen LogP contribution < -0.4 is 10.1 Å². The van der Waals surface area contributed by atoms with Crippen molar-refractivity contribution in [1.29, 1.82) is 0 Å². The van der Waals surface area contributed by atoms with Gasteiger partial charge >= 0.3 is 0 Å². The molecule has 0 saturated carbocycles. The van der Waals surface area contributed by atoms with E-state index >= 15 is 0 Å². The average molecular weight is 425 g/mol. The lowest BCUT2D eigenvalue weighted by atomic mass is 10.2. The lowest BCUT2D eigenvalue weighted by molar-refractivity contribution is -0.121. The highest BCUT2D eigenvalue weighted by atomic mass is 35.5. The largest absolute Gasteiger partial charge is 0.491 e. The van der Waals surface area contributed by atoms with Crippen LogP contribution in [0.15, 0.2) is 67.1 Å². The number of para-hydroxylation sites is 2. The van der Waals surface area contributed by atoms with Crippen molar-refractivity contribution in [2.45, 2.75) is 13.0 Å². The number of carbonyl (C=O) groups excluding carboxylic acids is 1. The maximum atomic E-state index is 13.0. The van der Waals surface area contributed by atoms with Crippen LogP contribution in [0, 0.1) is 5.82 Å². The average Bonchev–Trinajstić information content (AvgIpc) is 3.18. The molecule has 0 spiro atoms. The fourth-order valence-electron chi connectivity index (χ4n) is 2.94. The summed E-state index contributed by atoms with van der Waals surface area (Å²) in [5, 5.41) is 3.00. The van der Waals surface area contributed by atoms with Crippen LogP contribution in [0.1, 0.15) is 12.0 Å². The van der Waals surface area contributed by atoms with E-state index in [2.05, 4.69) is 15.3 Å². The van der Waals surface area contributed by atoms with Crippen LogP contribution in [0.5, 0.6) is 5.75 Å². The Labute approximate surface area is 177 Å². The fourth-order valence-corrected chi connectivity index (χ4v) is 3.16. The van der Waals surface area contributed by atoms with Gasteiger partial charge in [-0.3, -0.25) is 9.36 Å². The van der Waals surface area contributed by atoms with E-state index in [-0.39, 0.29) is 24.0 Å². The Bertz CT molecular complexity index is 1180. The molecule has 0 fully saturated rings. The third-order valence-electron chi connectivity index (χ3n) is 4.48. The molecular formula is C22H18ClFN4O2. The van der Waals surface area contributed by atoms with Crippen molar-refractivity contribution in [3.05, 3.63) is 83.5 Å². The highest BCUT2D eigenvalue weighted by Crippen LogP contribution is 2.24. The second kappa shape index (κ2) is 8.92. The number of pyridine rings is 1. The Morgan fingerprint density at radius 3 is 2.80 bits per heavy atom. The van der Waals surface area contributed by atoms with Gasteiger partial charge in [0.1, 0.15) is 23.7 Å². The number of ether oxygens (including phenoxy) is 1.